The number of ether oxygens (including phenoxy) is 1. The Morgan fingerprint density at radius 2 is 1.91 bits per heavy atom. The molecule has 120 valence electrons. The lowest BCUT2D eigenvalue weighted by Crippen LogP contribution is -2.29. The maximum atomic E-state index is 12.3. The number of carbonyl (C=O) groups is 2. The standard InChI is InChI=1S/C17H24N2O3/c1-11-10-12(15(20)19(5)13-7-8-13)6-9-14(11)18-16(21)22-17(2,3)4/h6,9-10,13H,7-8H2,1-5H3,(H,18,21). The topological polar surface area (TPSA) is 58.6 Å². The Hall–Kier alpha value is -2.04. The van der Waals surface area contributed by atoms with Crippen LogP contribution in [0.3, 0.4) is 0 Å². The second-order valence-electron chi connectivity index (χ2n) is 6.80. The fourth-order valence-electron chi connectivity index (χ4n) is 2.18. The van der Waals surface area contributed by atoms with E-state index in [0.717, 1.165) is 18.4 Å². The molecule has 1 aromatic carbocycles. The van der Waals surface area contributed by atoms with Crippen LogP contribution in [0.15, 0.2) is 18.2 Å². The fraction of sp³-hybridized carbons (Fsp3) is 0.529. The molecule has 22 heavy (non-hydrogen) atoms. The van der Waals surface area contributed by atoms with Crippen molar-refractivity contribution in [2.45, 2.75) is 52.2 Å². The van der Waals surface area contributed by atoms with E-state index in [2.05, 4.69) is 5.32 Å². The van der Waals surface area contributed by atoms with Gasteiger partial charge in [-0.3, -0.25) is 10.1 Å². The van der Waals surface area contributed by atoms with Gasteiger partial charge in [0.05, 0.1) is 0 Å². The molecule has 0 spiro atoms. The number of carbonyl (C=O) groups excluding carboxylic acids is 2. The average molecular weight is 304 g/mol. The van der Waals surface area contributed by atoms with E-state index in [-0.39, 0.29) is 5.91 Å². The molecule has 1 aliphatic rings. The minimum atomic E-state index is -0.541. The van der Waals surface area contributed by atoms with Gasteiger partial charge in [-0.2, -0.15) is 0 Å². The summed E-state index contributed by atoms with van der Waals surface area (Å²) in [7, 11) is 1.84. The van der Waals surface area contributed by atoms with Crippen LogP contribution in [0.5, 0.6) is 0 Å². The quantitative estimate of drug-likeness (QED) is 0.928. The number of hydrogen-bond donors (Lipinski definition) is 1. The van der Waals surface area contributed by atoms with Gasteiger partial charge in [-0.05, 0) is 64.3 Å². The van der Waals surface area contributed by atoms with Crippen molar-refractivity contribution in [1.29, 1.82) is 0 Å². The molecule has 1 aromatic rings. The molecule has 0 saturated heterocycles. The molecule has 2 rings (SSSR count). The van der Waals surface area contributed by atoms with Crippen molar-refractivity contribution in [2.75, 3.05) is 12.4 Å². The maximum absolute atomic E-state index is 12.3. The Kier molecular flexibility index (Phi) is 4.44. The first-order chi connectivity index (χ1) is 10.2. The van der Waals surface area contributed by atoms with Crippen LogP contribution >= 0.6 is 0 Å². The highest BCUT2D eigenvalue weighted by Crippen LogP contribution is 2.27. The van der Waals surface area contributed by atoms with Crippen LogP contribution in [0.1, 0.15) is 49.5 Å². The predicted molar refractivity (Wildman–Crippen MR) is 86.2 cm³/mol. The van der Waals surface area contributed by atoms with E-state index in [1.165, 1.54) is 0 Å². The molecule has 2 amide bonds. The van der Waals surface area contributed by atoms with Crippen LogP contribution in [-0.4, -0.2) is 35.6 Å². The summed E-state index contributed by atoms with van der Waals surface area (Å²) in [5.41, 5.74) is 1.59. The highest BCUT2D eigenvalue weighted by molar-refractivity contribution is 5.96. The molecular weight excluding hydrogens is 280 g/mol. The monoisotopic (exact) mass is 304 g/mol. The van der Waals surface area contributed by atoms with Gasteiger partial charge in [-0.1, -0.05) is 0 Å². The summed E-state index contributed by atoms with van der Waals surface area (Å²) in [4.78, 5) is 25.9. The van der Waals surface area contributed by atoms with Gasteiger partial charge in [0, 0.05) is 24.3 Å². The lowest BCUT2D eigenvalue weighted by molar-refractivity contribution is 0.0635. The summed E-state index contributed by atoms with van der Waals surface area (Å²) >= 11 is 0. The maximum Gasteiger partial charge on any atom is 0.412 e. The molecular formula is C17H24N2O3. The molecule has 0 bridgehead atoms. The van der Waals surface area contributed by atoms with E-state index >= 15 is 0 Å². The van der Waals surface area contributed by atoms with Gasteiger partial charge in [0.25, 0.3) is 5.91 Å². The van der Waals surface area contributed by atoms with Gasteiger partial charge < -0.3 is 9.64 Å². The summed E-state index contributed by atoms with van der Waals surface area (Å²) in [6, 6.07) is 5.66. The number of hydrogen-bond acceptors (Lipinski definition) is 3. The Balaban J connectivity index is 2.06. The van der Waals surface area contributed by atoms with Gasteiger partial charge in [0.2, 0.25) is 0 Å². The lowest BCUT2D eigenvalue weighted by atomic mass is 10.1. The Bertz CT molecular complexity index is 586. The van der Waals surface area contributed by atoms with Crippen molar-refractivity contribution in [3.63, 3.8) is 0 Å². The van der Waals surface area contributed by atoms with Crippen molar-refractivity contribution in [3.05, 3.63) is 29.3 Å². The minimum absolute atomic E-state index is 0.0226. The highest BCUT2D eigenvalue weighted by Gasteiger charge is 2.30. The van der Waals surface area contributed by atoms with Crippen molar-refractivity contribution < 1.29 is 14.3 Å². The Labute approximate surface area is 131 Å². The second-order valence-corrected chi connectivity index (χ2v) is 6.80. The van der Waals surface area contributed by atoms with Crippen molar-refractivity contribution in [3.8, 4) is 0 Å². The second kappa shape index (κ2) is 5.99. The number of amides is 2. The molecule has 5 nitrogen and oxygen atoms in total. The van der Waals surface area contributed by atoms with E-state index in [0.29, 0.717) is 17.3 Å². The molecule has 5 heteroatoms. The van der Waals surface area contributed by atoms with E-state index in [9.17, 15) is 9.59 Å². The minimum Gasteiger partial charge on any atom is -0.444 e. The van der Waals surface area contributed by atoms with E-state index in [4.69, 9.17) is 4.74 Å². The van der Waals surface area contributed by atoms with Crippen LogP contribution in [0.2, 0.25) is 0 Å². The van der Waals surface area contributed by atoms with Gasteiger partial charge in [0.1, 0.15) is 5.60 Å². The van der Waals surface area contributed by atoms with Gasteiger partial charge in [-0.25, -0.2) is 4.79 Å². The number of nitrogens with zero attached hydrogens (tertiary/aromatic N) is 1. The third kappa shape index (κ3) is 4.23. The molecule has 1 saturated carbocycles. The summed E-state index contributed by atoms with van der Waals surface area (Å²) in [5, 5.41) is 2.71. The van der Waals surface area contributed by atoms with Crippen molar-refractivity contribution >= 4 is 17.7 Å². The first-order valence-electron chi connectivity index (χ1n) is 7.55. The first kappa shape index (κ1) is 16.3. The Morgan fingerprint density at radius 3 is 2.41 bits per heavy atom. The third-order valence-electron chi connectivity index (χ3n) is 3.52. The van der Waals surface area contributed by atoms with Crippen molar-refractivity contribution in [2.24, 2.45) is 0 Å². The zero-order valence-electron chi connectivity index (χ0n) is 13.9. The molecule has 0 unspecified atom stereocenters. The number of benzene rings is 1. The van der Waals surface area contributed by atoms with Crippen LogP contribution in [-0.2, 0) is 4.74 Å². The molecule has 0 aromatic heterocycles. The fourth-order valence-corrected chi connectivity index (χ4v) is 2.18. The van der Waals surface area contributed by atoms with Crippen LogP contribution in [0.4, 0.5) is 10.5 Å². The van der Waals surface area contributed by atoms with Gasteiger partial charge in [0.15, 0.2) is 0 Å². The van der Waals surface area contributed by atoms with Gasteiger partial charge >= 0.3 is 6.09 Å². The third-order valence-corrected chi connectivity index (χ3v) is 3.52. The van der Waals surface area contributed by atoms with Crippen LogP contribution < -0.4 is 5.32 Å². The molecule has 1 fully saturated rings. The van der Waals surface area contributed by atoms with Crippen molar-refractivity contribution in [1.82, 2.24) is 4.90 Å². The summed E-state index contributed by atoms with van der Waals surface area (Å²) in [6.45, 7) is 7.30. The molecule has 0 aliphatic heterocycles. The molecule has 1 aliphatic carbocycles. The zero-order chi connectivity index (χ0) is 16.5. The first-order valence-corrected chi connectivity index (χ1v) is 7.55. The van der Waals surface area contributed by atoms with Gasteiger partial charge in [-0.15, -0.1) is 0 Å². The molecule has 0 radical (unpaired) electrons. The van der Waals surface area contributed by atoms with Crippen LogP contribution in [0.25, 0.3) is 0 Å². The number of anilines is 1. The van der Waals surface area contributed by atoms with E-state index < -0.39 is 11.7 Å². The smallest absolute Gasteiger partial charge is 0.412 e. The predicted octanol–water partition coefficient (Wildman–Crippen LogP) is 3.58. The SMILES string of the molecule is Cc1cc(C(=O)N(C)C2CC2)ccc1NC(=O)OC(C)(C)C. The zero-order valence-corrected chi connectivity index (χ0v) is 13.9. The average Bonchev–Trinajstić information content (AvgIpc) is 3.21. The number of aryl methyl sites for hydroxylation is 1. The normalized spacial score (nSPS) is 14.4. The van der Waals surface area contributed by atoms with Crippen LogP contribution in [0, 0.1) is 6.92 Å². The highest BCUT2D eigenvalue weighted by atomic mass is 16.6. The lowest BCUT2D eigenvalue weighted by Gasteiger charge is -2.20. The summed E-state index contributed by atoms with van der Waals surface area (Å²) in [6.07, 6.45) is 1.67. The summed E-state index contributed by atoms with van der Waals surface area (Å²) < 4.78 is 5.23. The Morgan fingerprint density at radius 1 is 1.27 bits per heavy atom. The molecule has 0 heterocycles. The molecule has 1 N–H and O–H groups in total. The summed E-state index contributed by atoms with van der Waals surface area (Å²) in [5.74, 6) is 0.0226. The molecule has 0 atom stereocenters. The number of nitrogens with one attached hydrogen (secondary N) is 1. The largest absolute Gasteiger partial charge is 0.444 e. The van der Waals surface area contributed by atoms with E-state index in [1.54, 1.807) is 23.1 Å². The van der Waals surface area contributed by atoms with E-state index in [1.807, 2.05) is 34.7 Å². The number of rotatable bonds is 3.